The Bertz CT molecular complexity index is 1420. The van der Waals surface area contributed by atoms with E-state index >= 15 is 0 Å². The zero-order valence-corrected chi connectivity index (χ0v) is 19.9. The maximum absolute atomic E-state index is 12.6. The minimum absolute atomic E-state index is 0.135. The van der Waals surface area contributed by atoms with Gasteiger partial charge in [-0.25, -0.2) is 4.98 Å². The number of anilines is 1. The van der Waals surface area contributed by atoms with Crippen LogP contribution in [0.2, 0.25) is 0 Å². The molecule has 2 aromatic carbocycles. The monoisotopic (exact) mass is 489 g/mol. The molecule has 33 heavy (non-hydrogen) atoms. The van der Waals surface area contributed by atoms with Gasteiger partial charge >= 0.3 is 0 Å². The minimum Gasteiger partial charge on any atom is -0.301 e. The topological polar surface area (TPSA) is 72.7 Å². The standard InChI is InChI=1S/C24H19N5OS3/c1-2-12-29-22(18-13-31-20-11-7-6-10-17(18)20)27-28-24(29)33-15-21(30)26-23-25-19(14-32-23)16-8-4-3-5-9-16/h2-11,13-14H,1,12,15H2,(H,25,26,30). The van der Waals surface area contributed by atoms with E-state index in [0.717, 1.165) is 28.0 Å². The van der Waals surface area contributed by atoms with Crippen LogP contribution in [-0.2, 0) is 11.3 Å². The molecule has 0 aliphatic rings. The number of carbonyl (C=O) groups is 1. The van der Waals surface area contributed by atoms with Crippen molar-refractivity contribution in [1.82, 2.24) is 19.7 Å². The SMILES string of the molecule is C=CCn1c(SCC(=O)Nc2nc(-c3ccccc3)cs2)nnc1-c1csc2ccccc12. The molecule has 0 saturated heterocycles. The highest BCUT2D eigenvalue weighted by molar-refractivity contribution is 7.99. The van der Waals surface area contributed by atoms with E-state index in [9.17, 15) is 4.79 Å². The van der Waals surface area contributed by atoms with Gasteiger partial charge in [-0.05, 0) is 6.07 Å². The number of allylic oxidation sites excluding steroid dienone is 1. The van der Waals surface area contributed by atoms with Crippen molar-refractivity contribution in [2.75, 3.05) is 11.1 Å². The third-order valence-electron chi connectivity index (χ3n) is 4.90. The fourth-order valence-electron chi connectivity index (χ4n) is 3.40. The highest BCUT2D eigenvalue weighted by Crippen LogP contribution is 2.34. The summed E-state index contributed by atoms with van der Waals surface area (Å²) in [7, 11) is 0. The Hall–Kier alpha value is -3.27. The van der Waals surface area contributed by atoms with E-state index < -0.39 is 0 Å². The molecule has 0 aliphatic carbocycles. The number of hydrogen-bond acceptors (Lipinski definition) is 7. The fourth-order valence-corrected chi connectivity index (χ4v) is 5.82. The lowest BCUT2D eigenvalue weighted by molar-refractivity contribution is -0.113. The third kappa shape index (κ3) is 4.61. The molecule has 0 aliphatic heterocycles. The normalized spacial score (nSPS) is 11.0. The summed E-state index contributed by atoms with van der Waals surface area (Å²) in [5.74, 6) is 0.854. The number of aromatic nitrogens is 4. The molecule has 0 saturated carbocycles. The van der Waals surface area contributed by atoms with Gasteiger partial charge in [-0.1, -0.05) is 66.4 Å². The van der Waals surface area contributed by atoms with Crippen molar-refractivity contribution in [2.45, 2.75) is 11.7 Å². The molecule has 0 radical (unpaired) electrons. The number of amides is 1. The molecular weight excluding hydrogens is 470 g/mol. The Morgan fingerprint density at radius 3 is 2.73 bits per heavy atom. The summed E-state index contributed by atoms with van der Waals surface area (Å²) in [6.45, 7) is 4.43. The zero-order valence-electron chi connectivity index (χ0n) is 17.5. The van der Waals surface area contributed by atoms with Gasteiger partial charge in [0.15, 0.2) is 16.1 Å². The van der Waals surface area contributed by atoms with E-state index in [1.165, 1.54) is 27.8 Å². The largest absolute Gasteiger partial charge is 0.301 e. The van der Waals surface area contributed by atoms with E-state index in [1.807, 2.05) is 58.5 Å². The molecule has 0 fully saturated rings. The van der Waals surface area contributed by atoms with Crippen LogP contribution in [0.3, 0.4) is 0 Å². The van der Waals surface area contributed by atoms with Gasteiger partial charge in [0.2, 0.25) is 5.91 Å². The summed E-state index contributed by atoms with van der Waals surface area (Å²) in [6, 6.07) is 18.1. The lowest BCUT2D eigenvalue weighted by atomic mass is 10.1. The van der Waals surface area contributed by atoms with Crippen molar-refractivity contribution < 1.29 is 4.79 Å². The number of thioether (sulfide) groups is 1. The van der Waals surface area contributed by atoms with Crippen molar-refractivity contribution in [3.8, 4) is 22.6 Å². The molecular formula is C24H19N5OS3. The Morgan fingerprint density at radius 1 is 1.06 bits per heavy atom. The van der Waals surface area contributed by atoms with E-state index in [2.05, 4.69) is 44.6 Å². The zero-order chi connectivity index (χ0) is 22.6. The Kier molecular flexibility index (Phi) is 6.34. The predicted molar refractivity (Wildman–Crippen MR) is 138 cm³/mol. The molecule has 0 unspecified atom stereocenters. The molecule has 164 valence electrons. The van der Waals surface area contributed by atoms with Crippen LogP contribution in [0.4, 0.5) is 5.13 Å². The van der Waals surface area contributed by atoms with Gasteiger partial charge in [-0.3, -0.25) is 9.36 Å². The first-order chi connectivity index (χ1) is 16.2. The van der Waals surface area contributed by atoms with E-state index in [1.54, 1.807) is 11.3 Å². The fraction of sp³-hybridized carbons (Fsp3) is 0.0833. The maximum atomic E-state index is 12.6. The summed E-state index contributed by atoms with van der Waals surface area (Å²) >= 11 is 4.44. The number of rotatable bonds is 8. The molecule has 0 bridgehead atoms. The van der Waals surface area contributed by atoms with Crippen LogP contribution in [-0.4, -0.2) is 31.4 Å². The Labute approximate surface area is 203 Å². The highest BCUT2D eigenvalue weighted by Gasteiger charge is 2.18. The van der Waals surface area contributed by atoms with Crippen molar-refractivity contribution in [3.63, 3.8) is 0 Å². The van der Waals surface area contributed by atoms with Crippen LogP contribution < -0.4 is 5.32 Å². The average Bonchev–Trinajstić information content (AvgIpc) is 3.57. The average molecular weight is 490 g/mol. The van der Waals surface area contributed by atoms with Crippen molar-refractivity contribution in [2.24, 2.45) is 0 Å². The number of benzene rings is 2. The molecule has 5 aromatic rings. The van der Waals surface area contributed by atoms with Crippen molar-refractivity contribution >= 4 is 55.6 Å². The summed E-state index contributed by atoms with van der Waals surface area (Å²) in [5.41, 5.74) is 2.91. The summed E-state index contributed by atoms with van der Waals surface area (Å²) < 4.78 is 3.20. The van der Waals surface area contributed by atoms with Crippen LogP contribution in [0, 0.1) is 0 Å². The second-order valence-corrected chi connectivity index (χ2v) is 9.80. The quantitative estimate of drug-likeness (QED) is 0.207. The smallest absolute Gasteiger partial charge is 0.236 e. The summed E-state index contributed by atoms with van der Waals surface area (Å²) in [4.78, 5) is 17.1. The van der Waals surface area contributed by atoms with E-state index in [0.29, 0.717) is 16.8 Å². The second-order valence-electron chi connectivity index (χ2n) is 7.09. The molecule has 3 heterocycles. The number of thiophene rings is 1. The summed E-state index contributed by atoms with van der Waals surface area (Å²) in [6.07, 6.45) is 1.81. The molecule has 5 rings (SSSR count). The van der Waals surface area contributed by atoms with Gasteiger partial charge in [0.05, 0.1) is 11.4 Å². The number of thiazole rings is 1. The van der Waals surface area contributed by atoms with Gasteiger partial charge in [0.25, 0.3) is 0 Å². The number of fused-ring (bicyclic) bond motifs is 1. The van der Waals surface area contributed by atoms with Crippen LogP contribution >= 0.6 is 34.4 Å². The number of carbonyl (C=O) groups excluding carboxylic acids is 1. The van der Waals surface area contributed by atoms with Crippen molar-refractivity contribution in [3.05, 3.63) is 78.0 Å². The first-order valence-electron chi connectivity index (χ1n) is 10.2. The Morgan fingerprint density at radius 2 is 1.88 bits per heavy atom. The molecule has 0 atom stereocenters. The van der Waals surface area contributed by atoms with Crippen LogP contribution in [0.15, 0.2) is 83.2 Å². The number of nitrogens with one attached hydrogen (secondary N) is 1. The van der Waals surface area contributed by atoms with Crippen LogP contribution in [0.25, 0.3) is 32.7 Å². The summed E-state index contributed by atoms with van der Waals surface area (Å²) in [5, 5.41) is 18.1. The van der Waals surface area contributed by atoms with Gasteiger partial charge in [-0.15, -0.1) is 39.4 Å². The first kappa shape index (κ1) is 21.6. The number of hydrogen-bond donors (Lipinski definition) is 1. The lowest BCUT2D eigenvalue weighted by Gasteiger charge is -2.07. The molecule has 6 nitrogen and oxygen atoms in total. The van der Waals surface area contributed by atoms with Crippen LogP contribution in [0.1, 0.15) is 0 Å². The molecule has 3 aromatic heterocycles. The number of nitrogens with zero attached hydrogens (tertiary/aromatic N) is 4. The van der Waals surface area contributed by atoms with Gasteiger partial charge < -0.3 is 5.32 Å². The van der Waals surface area contributed by atoms with Gasteiger partial charge in [-0.2, -0.15) is 0 Å². The lowest BCUT2D eigenvalue weighted by Crippen LogP contribution is -2.14. The molecule has 1 amide bonds. The highest BCUT2D eigenvalue weighted by atomic mass is 32.2. The van der Waals surface area contributed by atoms with Crippen LogP contribution in [0.5, 0.6) is 0 Å². The molecule has 0 spiro atoms. The minimum atomic E-state index is -0.135. The van der Waals surface area contributed by atoms with E-state index in [4.69, 9.17) is 0 Å². The van der Waals surface area contributed by atoms with Gasteiger partial charge in [0, 0.05) is 38.5 Å². The van der Waals surface area contributed by atoms with Crippen molar-refractivity contribution in [1.29, 1.82) is 0 Å². The van der Waals surface area contributed by atoms with E-state index in [-0.39, 0.29) is 11.7 Å². The molecule has 9 heteroatoms. The molecule has 1 N–H and O–H groups in total. The third-order valence-corrected chi connectivity index (χ3v) is 7.59. The maximum Gasteiger partial charge on any atom is 0.236 e. The predicted octanol–water partition coefficient (Wildman–Crippen LogP) is 6.20. The van der Waals surface area contributed by atoms with Gasteiger partial charge in [0.1, 0.15) is 0 Å². The Balaban J connectivity index is 1.29. The second kappa shape index (κ2) is 9.70. The first-order valence-corrected chi connectivity index (χ1v) is 12.9.